The predicted molar refractivity (Wildman–Crippen MR) is 110 cm³/mol. The van der Waals surface area contributed by atoms with Crippen molar-refractivity contribution in [2.24, 2.45) is 0 Å². The molecule has 1 aliphatic heterocycles. The van der Waals surface area contributed by atoms with E-state index in [0.717, 1.165) is 31.5 Å². The van der Waals surface area contributed by atoms with E-state index in [1.807, 2.05) is 11.4 Å². The molecule has 0 saturated carbocycles. The Balaban J connectivity index is 1.63. The average molecular weight is 417 g/mol. The summed E-state index contributed by atoms with van der Waals surface area (Å²) in [6.45, 7) is 2.32. The first-order valence-corrected chi connectivity index (χ1v) is 10.5. The van der Waals surface area contributed by atoms with Crippen molar-refractivity contribution < 1.29 is 9.59 Å². The number of nitrogens with zero attached hydrogens (tertiary/aromatic N) is 2. The fraction of sp³-hybridized carbons (Fsp3) is 0.350. The molecule has 2 heterocycles. The molecule has 0 spiro atoms. The van der Waals surface area contributed by atoms with Gasteiger partial charge in [0.05, 0.1) is 17.3 Å². The topological polar surface area (TPSA) is 85.2 Å². The highest BCUT2D eigenvalue weighted by Crippen LogP contribution is 2.26. The zero-order valence-electron chi connectivity index (χ0n) is 15.3. The molecule has 3 rings (SSSR count). The molecule has 1 saturated heterocycles. The molecule has 1 unspecified atom stereocenters. The molecule has 0 radical (unpaired) electrons. The number of carbonyl (C=O) groups is 2. The molecule has 1 atom stereocenters. The molecule has 146 valence electrons. The van der Waals surface area contributed by atoms with Crippen LogP contribution < -0.4 is 10.6 Å². The first kappa shape index (κ1) is 20.3. The van der Waals surface area contributed by atoms with E-state index in [4.69, 9.17) is 16.9 Å². The number of carbonyl (C=O) groups excluding carboxylic acids is 2. The van der Waals surface area contributed by atoms with Crippen molar-refractivity contribution in [2.45, 2.75) is 25.3 Å². The third-order valence-corrected chi connectivity index (χ3v) is 5.71. The molecule has 0 bridgehead atoms. The van der Waals surface area contributed by atoms with E-state index in [-0.39, 0.29) is 17.3 Å². The van der Waals surface area contributed by atoms with Gasteiger partial charge in [0.1, 0.15) is 6.07 Å². The highest BCUT2D eigenvalue weighted by Gasteiger charge is 2.24. The largest absolute Gasteiger partial charge is 0.346 e. The van der Waals surface area contributed by atoms with E-state index in [1.165, 1.54) is 18.6 Å². The Labute approximate surface area is 173 Å². The molecule has 0 aliphatic carbocycles. The van der Waals surface area contributed by atoms with Crippen molar-refractivity contribution >= 4 is 40.4 Å². The zero-order chi connectivity index (χ0) is 19.9. The van der Waals surface area contributed by atoms with Gasteiger partial charge in [-0.05, 0) is 66.5 Å². The van der Waals surface area contributed by atoms with Gasteiger partial charge in [-0.2, -0.15) is 16.6 Å². The van der Waals surface area contributed by atoms with Crippen molar-refractivity contribution in [2.75, 3.05) is 25.0 Å². The van der Waals surface area contributed by atoms with Gasteiger partial charge in [-0.25, -0.2) is 0 Å². The second kappa shape index (κ2) is 9.69. The van der Waals surface area contributed by atoms with E-state index < -0.39 is 11.8 Å². The number of benzene rings is 1. The Morgan fingerprint density at radius 3 is 2.68 bits per heavy atom. The Bertz CT molecular complexity index is 873. The molecule has 1 fully saturated rings. The Hall–Kier alpha value is -2.40. The molecule has 1 aromatic heterocycles. The van der Waals surface area contributed by atoms with Gasteiger partial charge in [-0.15, -0.1) is 0 Å². The van der Waals surface area contributed by atoms with E-state index >= 15 is 0 Å². The van der Waals surface area contributed by atoms with E-state index in [1.54, 1.807) is 17.4 Å². The van der Waals surface area contributed by atoms with Crippen molar-refractivity contribution in [3.8, 4) is 6.07 Å². The monoisotopic (exact) mass is 416 g/mol. The van der Waals surface area contributed by atoms with Gasteiger partial charge in [0.15, 0.2) is 0 Å². The van der Waals surface area contributed by atoms with Gasteiger partial charge in [-0.1, -0.05) is 18.0 Å². The number of thiophene rings is 1. The maximum Gasteiger partial charge on any atom is 0.313 e. The van der Waals surface area contributed by atoms with Crippen LogP contribution in [-0.2, 0) is 9.59 Å². The Morgan fingerprint density at radius 1 is 1.21 bits per heavy atom. The van der Waals surface area contributed by atoms with Crippen LogP contribution in [0.2, 0.25) is 5.02 Å². The van der Waals surface area contributed by atoms with Gasteiger partial charge < -0.3 is 10.6 Å². The van der Waals surface area contributed by atoms with Gasteiger partial charge in [0.2, 0.25) is 0 Å². The maximum absolute atomic E-state index is 12.3. The lowest BCUT2D eigenvalue weighted by Gasteiger charge is -2.34. The summed E-state index contributed by atoms with van der Waals surface area (Å²) in [5.74, 6) is -1.55. The van der Waals surface area contributed by atoms with Gasteiger partial charge in [0.25, 0.3) is 0 Å². The maximum atomic E-state index is 12.3. The number of piperidine rings is 1. The second-order valence-electron chi connectivity index (χ2n) is 6.63. The predicted octanol–water partition coefficient (Wildman–Crippen LogP) is 3.56. The highest BCUT2D eigenvalue weighted by atomic mass is 35.5. The first-order chi connectivity index (χ1) is 13.6. The third kappa shape index (κ3) is 5.10. The Morgan fingerprint density at radius 2 is 2.00 bits per heavy atom. The second-order valence-corrected chi connectivity index (χ2v) is 7.85. The molecule has 8 heteroatoms. The molecule has 1 aromatic carbocycles. The fourth-order valence-electron chi connectivity index (χ4n) is 3.32. The van der Waals surface area contributed by atoms with Gasteiger partial charge in [0, 0.05) is 11.6 Å². The van der Waals surface area contributed by atoms with Crippen LogP contribution in [0.3, 0.4) is 0 Å². The number of nitriles is 1. The summed E-state index contributed by atoms with van der Waals surface area (Å²) >= 11 is 7.53. The minimum Gasteiger partial charge on any atom is -0.346 e. The number of nitrogens with one attached hydrogen (secondary N) is 2. The van der Waals surface area contributed by atoms with Crippen LogP contribution in [0.5, 0.6) is 0 Å². The van der Waals surface area contributed by atoms with E-state index in [9.17, 15) is 9.59 Å². The summed E-state index contributed by atoms with van der Waals surface area (Å²) in [6, 6.07) is 8.58. The quantitative estimate of drug-likeness (QED) is 0.730. The van der Waals surface area contributed by atoms with Crippen LogP contribution in [0, 0.1) is 11.3 Å². The molecular weight excluding hydrogens is 396 g/mol. The average Bonchev–Trinajstić information content (AvgIpc) is 3.23. The molecule has 28 heavy (non-hydrogen) atoms. The van der Waals surface area contributed by atoms with Crippen LogP contribution in [0.15, 0.2) is 35.0 Å². The van der Waals surface area contributed by atoms with Gasteiger partial charge >= 0.3 is 11.8 Å². The molecular formula is C20H21ClN4O2S. The summed E-state index contributed by atoms with van der Waals surface area (Å²) in [5, 5.41) is 18.8. The SMILES string of the molecule is N#Cc1ccc(Cl)cc1NC(=O)C(=O)NCC(c1ccsc1)N1CCCCC1. The van der Waals surface area contributed by atoms with Gasteiger partial charge in [-0.3, -0.25) is 14.5 Å². The lowest BCUT2D eigenvalue weighted by molar-refractivity contribution is -0.136. The molecule has 1 aliphatic rings. The number of halogens is 1. The zero-order valence-corrected chi connectivity index (χ0v) is 16.9. The number of likely N-dealkylation sites (tertiary alicyclic amines) is 1. The molecule has 6 nitrogen and oxygen atoms in total. The van der Waals surface area contributed by atoms with Crippen LogP contribution in [0.25, 0.3) is 0 Å². The fourth-order valence-corrected chi connectivity index (χ4v) is 4.20. The lowest BCUT2D eigenvalue weighted by atomic mass is 10.0. The number of hydrogen-bond acceptors (Lipinski definition) is 5. The molecule has 2 aromatic rings. The van der Waals surface area contributed by atoms with Crippen molar-refractivity contribution in [3.63, 3.8) is 0 Å². The van der Waals surface area contributed by atoms with E-state index in [2.05, 4.69) is 27.0 Å². The first-order valence-electron chi connectivity index (χ1n) is 9.13. The summed E-state index contributed by atoms with van der Waals surface area (Å²) in [4.78, 5) is 27.0. The third-order valence-electron chi connectivity index (χ3n) is 4.77. The minimum absolute atomic E-state index is 0.0455. The number of anilines is 1. The number of amides is 2. The van der Waals surface area contributed by atoms with Crippen molar-refractivity contribution in [1.82, 2.24) is 10.2 Å². The minimum atomic E-state index is -0.818. The number of hydrogen-bond donors (Lipinski definition) is 2. The molecule has 2 N–H and O–H groups in total. The summed E-state index contributed by atoms with van der Waals surface area (Å²) in [6.07, 6.45) is 3.50. The molecule has 2 amide bonds. The lowest BCUT2D eigenvalue weighted by Crippen LogP contribution is -2.43. The van der Waals surface area contributed by atoms with Crippen molar-refractivity contribution in [1.29, 1.82) is 5.26 Å². The van der Waals surface area contributed by atoms with Crippen LogP contribution in [0.4, 0.5) is 5.69 Å². The number of rotatable bonds is 5. The van der Waals surface area contributed by atoms with Crippen LogP contribution >= 0.6 is 22.9 Å². The standard InChI is InChI=1S/C20H21ClN4O2S/c21-16-5-4-14(11-22)17(10-16)24-20(27)19(26)23-12-18(15-6-9-28-13-15)25-7-2-1-3-8-25/h4-6,9-10,13,18H,1-3,7-8,12H2,(H,23,26)(H,24,27). The summed E-state index contributed by atoms with van der Waals surface area (Å²) in [7, 11) is 0. The van der Waals surface area contributed by atoms with Crippen molar-refractivity contribution in [3.05, 3.63) is 51.2 Å². The Kier molecular flexibility index (Phi) is 7.04. The normalized spacial score (nSPS) is 15.4. The highest BCUT2D eigenvalue weighted by molar-refractivity contribution is 7.08. The summed E-state index contributed by atoms with van der Waals surface area (Å²) < 4.78 is 0. The smallest absolute Gasteiger partial charge is 0.313 e. The summed E-state index contributed by atoms with van der Waals surface area (Å²) in [5.41, 5.74) is 1.62. The van der Waals surface area contributed by atoms with Crippen LogP contribution in [0.1, 0.15) is 36.4 Å². The van der Waals surface area contributed by atoms with E-state index in [0.29, 0.717) is 11.6 Å². The van der Waals surface area contributed by atoms with Crippen LogP contribution in [-0.4, -0.2) is 36.3 Å².